The standard InChI is InChI=1S/C21H23NO4/c1-21(2,3)17(23)14-26-20(25)18(15-10-6-4-7-11-15)22-19(24)16-12-8-5-9-13-16/h4-13,18H,14H2,1-3H3,(H,22,24). The first-order chi connectivity index (χ1) is 12.3. The van der Waals surface area contributed by atoms with Crippen LogP contribution < -0.4 is 5.32 Å². The molecule has 1 atom stereocenters. The molecule has 0 fully saturated rings. The zero-order valence-corrected chi connectivity index (χ0v) is 15.2. The van der Waals surface area contributed by atoms with Crippen LogP contribution in [0.2, 0.25) is 0 Å². The molecule has 0 aliphatic heterocycles. The molecule has 0 saturated heterocycles. The van der Waals surface area contributed by atoms with E-state index in [0.717, 1.165) is 0 Å². The summed E-state index contributed by atoms with van der Waals surface area (Å²) in [6.45, 7) is 4.95. The van der Waals surface area contributed by atoms with Gasteiger partial charge >= 0.3 is 5.97 Å². The third kappa shape index (κ3) is 5.28. The van der Waals surface area contributed by atoms with Gasteiger partial charge < -0.3 is 10.1 Å². The number of nitrogens with one attached hydrogen (secondary N) is 1. The Morgan fingerprint density at radius 2 is 1.46 bits per heavy atom. The third-order valence-electron chi connectivity index (χ3n) is 3.86. The molecule has 0 spiro atoms. The molecule has 2 aromatic carbocycles. The first-order valence-electron chi connectivity index (χ1n) is 8.40. The van der Waals surface area contributed by atoms with E-state index in [1.54, 1.807) is 75.4 Å². The Kier molecular flexibility index (Phi) is 6.28. The SMILES string of the molecule is CC(C)(C)C(=O)COC(=O)C(NC(=O)c1ccccc1)c1ccccc1. The number of ether oxygens (including phenoxy) is 1. The van der Waals surface area contributed by atoms with Crippen LogP contribution in [0.5, 0.6) is 0 Å². The van der Waals surface area contributed by atoms with E-state index in [2.05, 4.69) is 5.32 Å². The van der Waals surface area contributed by atoms with E-state index >= 15 is 0 Å². The van der Waals surface area contributed by atoms with Crippen LogP contribution in [0.3, 0.4) is 0 Å². The van der Waals surface area contributed by atoms with Gasteiger partial charge in [-0.15, -0.1) is 0 Å². The van der Waals surface area contributed by atoms with E-state index in [4.69, 9.17) is 4.74 Å². The maximum Gasteiger partial charge on any atom is 0.333 e. The lowest BCUT2D eigenvalue weighted by Gasteiger charge is -2.20. The summed E-state index contributed by atoms with van der Waals surface area (Å²) in [5.41, 5.74) is 0.424. The predicted octanol–water partition coefficient (Wildman–Crippen LogP) is 3.32. The van der Waals surface area contributed by atoms with Crippen molar-refractivity contribution in [3.8, 4) is 0 Å². The molecular formula is C21H23NO4. The number of carbonyl (C=O) groups is 3. The van der Waals surface area contributed by atoms with E-state index in [-0.39, 0.29) is 12.4 Å². The van der Waals surface area contributed by atoms with Gasteiger partial charge in [0.2, 0.25) is 0 Å². The number of rotatable bonds is 6. The fraction of sp³-hybridized carbons (Fsp3) is 0.286. The second-order valence-corrected chi connectivity index (χ2v) is 6.96. The molecule has 0 aliphatic carbocycles. The highest BCUT2D eigenvalue weighted by Crippen LogP contribution is 2.18. The summed E-state index contributed by atoms with van der Waals surface area (Å²) < 4.78 is 5.18. The second-order valence-electron chi connectivity index (χ2n) is 6.96. The first kappa shape index (κ1) is 19.4. The Hall–Kier alpha value is -2.95. The quantitative estimate of drug-likeness (QED) is 0.809. The number of amides is 1. The molecule has 0 bridgehead atoms. The molecule has 0 saturated carbocycles. The molecule has 2 rings (SSSR count). The van der Waals surface area contributed by atoms with Crippen LogP contribution >= 0.6 is 0 Å². The average Bonchev–Trinajstić information content (AvgIpc) is 2.64. The number of benzene rings is 2. The molecule has 1 unspecified atom stereocenters. The molecule has 1 N–H and O–H groups in total. The maximum atomic E-state index is 12.6. The molecule has 0 aliphatic rings. The van der Waals surface area contributed by atoms with Crippen molar-refractivity contribution in [2.24, 2.45) is 5.41 Å². The van der Waals surface area contributed by atoms with Gasteiger partial charge in [0.15, 0.2) is 18.4 Å². The fourth-order valence-electron chi connectivity index (χ4n) is 2.16. The number of carbonyl (C=O) groups excluding carboxylic acids is 3. The monoisotopic (exact) mass is 353 g/mol. The summed E-state index contributed by atoms with van der Waals surface area (Å²) in [7, 11) is 0. The number of esters is 1. The lowest BCUT2D eigenvalue weighted by molar-refractivity contribution is -0.152. The molecular weight excluding hydrogens is 330 g/mol. The lowest BCUT2D eigenvalue weighted by Crippen LogP contribution is -2.36. The summed E-state index contributed by atoms with van der Waals surface area (Å²) in [5.74, 6) is -1.25. The number of ketones is 1. The summed E-state index contributed by atoms with van der Waals surface area (Å²) in [5, 5.41) is 2.69. The molecule has 2 aromatic rings. The molecule has 0 heterocycles. The Balaban J connectivity index is 2.15. The zero-order valence-electron chi connectivity index (χ0n) is 15.2. The van der Waals surface area contributed by atoms with E-state index in [1.165, 1.54) is 0 Å². The van der Waals surface area contributed by atoms with Gasteiger partial charge in [-0.25, -0.2) is 4.79 Å². The minimum absolute atomic E-state index is 0.188. The van der Waals surface area contributed by atoms with Crippen LogP contribution in [0.15, 0.2) is 60.7 Å². The molecule has 136 valence electrons. The number of hydrogen-bond acceptors (Lipinski definition) is 4. The van der Waals surface area contributed by atoms with Gasteiger partial charge in [0.05, 0.1) is 0 Å². The minimum Gasteiger partial charge on any atom is -0.456 e. The van der Waals surface area contributed by atoms with Crippen molar-refractivity contribution in [3.63, 3.8) is 0 Å². The van der Waals surface area contributed by atoms with Crippen molar-refractivity contribution in [1.29, 1.82) is 0 Å². The van der Waals surface area contributed by atoms with Crippen molar-refractivity contribution < 1.29 is 19.1 Å². The van der Waals surface area contributed by atoms with Crippen LogP contribution in [0.25, 0.3) is 0 Å². The molecule has 0 radical (unpaired) electrons. The number of hydrogen-bond donors (Lipinski definition) is 1. The lowest BCUT2D eigenvalue weighted by atomic mass is 9.91. The van der Waals surface area contributed by atoms with Gasteiger partial charge in [-0.1, -0.05) is 69.3 Å². The zero-order chi connectivity index (χ0) is 19.2. The summed E-state index contributed by atoms with van der Waals surface area (Å²) in [4.78, 5) is 37.0. The average molecular weight is 353 g/mol. The van der Waals surface area contributed by atoms with E-state index < -0.39 is 23.3 Å². The maximum absolute atomic E-state index is 12.6. The third-order valence-corrected chi connectivity index (χ3v) is 3.86. The van der Waals surface area contributed by atoms with Crippen LogP contribution in [0.4, 0.5) is 0 Å². The van der Waals surface area contributed by atoms with Crippen LogP contribution in [0, 0.1) is 5.41 Å². The fourth-order valence-corrected chi connectivity index (χ4v) is 2.16. The van der Waals surface area contributed by atoms with E-state index in [1.807, 2.05) is 6.07 Å². The van der Waals surface area contributed by atoms with Gasteiger partial charge in [-0.3, -0.25) is 9.59 Å². The highest BCUT2D eigenvalue weighted by atomic mass is 16.5. The number of Topliss-reactive ketones (excluding diaryl/α,β-unsaturated/α-hetero) is 1. The highest BCUT2D eigenvalue weighted by Gasteiger charge is 2.28. The predicted molar refractivity (Wildman–Crippen MR) is 98.5 cm³/mol. The molecule has 0 aromatic heterocycles. The Labute approximate surface area is 153 Å². The van der Waals surface area contributed by atoms with Crippen LogP contribution in [-0.2, 0) is 14.3 Å². The molecule has 1 amide bonds. The van der Waals surface area contributed by atoms with Gasteiger partial charge in [-0.2, -0.15) is 0 Å². The van der Waals surface area contributed by atoms with Crippen molar-refractivity contribution in [3.05, 3.63) is 71.8 Å². The largest absolute Gasteiger partial charge is 0.456 e. The van der Waals surface area contributed by atoms with Crippen molar-refractivity contribution in [2.75, 3.05) is 6.61 Å². The Morgan fingerprint density at radius 3 is 2.00 bits per heavy atom. The van der Waals surface area contributed by atoms with Crippen LogP contribution in [0.1, 0.15) is 42.7 Å². The topological polar surface area (TPSA) is 72.5 Å². The van der Waals surface area contributed by atoms with Crippen molar-refractivity contribution in [2.45, 2.75) is 26.8 Å². The summed E-state index contributed by atoms with van der Waals surface area (Å²) in [6, 6.07) is 16.4. The smallest absolute Gasteiger partial charge is 0.333 e. The van der Waals surface area contributed by atoms with E-state index in [9.17, 15) is 14.4 Å². The molecule has 5 nitrogen and oxygen atoms in total. The highest BCUT2D eigenvalue weighted by molar-refractivity contribution is 5.97. The Morgan fingerprint density at radius 1 is 0.923 bits per heavy atom. The normalized spacial score (nSPS) is 12.1. The summed E-state index contributed by atoms with van der Waals surface area (Å²) >= 11 is 0. The van der Waals surface area contributed by atoms with Crippen molar-refractivity contribution in [1.82, 2.24) is 5.32 Å². The molecule has 5 heteroatoms. The van der Waals surface area contributed by atoms with Crippen LogP contribution in [-0.4, -0.2) is 24.3 Å². The van der Waals surface area contributed by atoms with Gasteiger partial charge in [0.1, 0.15) is 0 Å². The minimum atomic E-state index is -0.989. The first-order valence-corrected chi connectivity index (χ1v) is 8.40. The second kappa shape index (κ2) is 8.43. The van der Waals surface area contributed by atoms with Gasteiger partial charge in [0, 0.05) is 11.0 Å². The Bertz CT molecular complexity index is 764. The molecule has 26 heavy (non-hydrogen) atoms. The summed E-state index contributed by atoms with van der Waals surface area (Å²) in [6.07, 6.45) is 0. The van der Waals surface area contributed by atoms with E-state index in [0.29, 0.717) is 11.1 Å². The van der Waals surface area contributed by atoms with Gasteiger partial charge in [-0.05, 0) is 17.7 Å². The van der Waals surface area contributed by atoms with Gasteiger partial charge in [0.25, 0.3) is 5.91 Å². The van der Waals surface area contributed by atoms with Crippen molar-refractivity contribution >= 4 is 17.7 Å².